The number of likely N-dealkylation sites (N-methyl/N-ethyl adjacent to an activating group) is 1. The lowest BCUT2D eigenvalue weighted by atomic mass is 10.1. The van der Waals surface area contributed by atoms with Gasteiger partial charge in [0.1, 0.15) is 0 Å². The van der Waals surface area contributed by atoms with Gasteiger partial charge in [-0.15, -0.1) is 0 Å². The third kappa shape index (κ3) is 2.86. The van der Waals surface area contributed by atoms with E-state index in [9.17, 15) is 0 Å². The van der Waals surface area contributed by atoms with Gasteiger partial charge in [0.2, 0.25) is 0 Å². The van der Waals surface area contributed by atoms with Crippen LogP contribution in [0.4, 0.5) is 17.1 Å². The molecule has 2 aliphatic rings. The predicted octanol–water partition coefficient (Wildman–Crippen LogP) is 3.46. The van der Waals surface area contributed by atoms with Crippen LogP contribution in [-0.4, -0.2) is 56.2 Å². The fraction of sp³-hybridized carbons (Fsp3) is 0.368. The van der Waals surface area contributed by atoms with E-state index in [2.05, 4.69) is 63.3 Å². The number of benzene rings is 2. The van der Waals surface area contributed by atoms with E-state index in [0.717, 1.165) is 50.0 Å². The van der Waals surface area contributed by atoms with Crippen LogP contribution >= 0.6 is 11.6 Å². The molecule has 2 aliphatic heterocycles. The summed E-state index contributed by atoms with van der Waals surface area (Å²) in [7, 11) is 2.20. The number of anilines is 3. The van der Waals surface area contributed by atoms with E-state index < -0.39 is 0 Å². The van der Waals surface area contributed by atoms with Crippen LogP contribution in [0.2, 0.25) is 5.02 Å². The SMILES string of the molecule is CN1CCN(N2CCN(c3ccccc3Cl)c3ccccc32)CC1. The number of halogens is 1. The molecule has 0 N–H and O–H groups in total. The van der Waals surface area contributed by atoms with Crippen molar-refractivity contribution in [3.63, 3.8) is 0 Å². The van der Waals surface area contributed by atoms with Gasteiger partial charge in [-0.25, -0.2) is 5.01 Å². The zero-order valence-electron chi connectivity index (χ0n) is 14.0. The lowest BCUT2D eigenvalue weighted by Gasteiger charge is -2.46. The van der Waals surface area contributed by atoms with E-state index in [4.69, 9.17) is 11.6 Å². The van der Waals surface area contributed by atoms with Crippen molar-refractivity contribution in [2.75, 3.05) is 56.2 Å². The van der Waals surface area contributed by atoms with Gasteiger partial charge in [-0.2, -0.15) is 0 Å². The van der Waals surface area contributed by atoms with Crippen molar-refractivity contribution in [1.82, 2.24) is 9.91 Å². The predicted molar refractivity (Wildman–Crippen MR) is 101 cm³/mol. The summed E-state index contributed by atoms with van der Waals surface area (Å²) in [5, 5.41) is 5.75. The van der Waals surface area contributed by atoms with E-state index in [1.165, 1.54) is 11.4 Å². The second-order valence-electron chi connectivity index (χ2n) is 6.47. The zero-order valence-corrected chi connectivity index (χ0v) is 14.8. The number of piperazine rings is 1. The molecule has 4 rings (SSSR count). The molecule has 0 atom stereocenters. The quantitative estimate of drug-likeness (QED) is 0.828. The molecule has 0 saturated carbocycles. The minimum atomic E-state index is 0.806. The maximum atomic E-state index is 6.45. The van der Waals surface area contributed by atoms with E-state index in [-0.39, 0.29) is 0 Å². The highest BCUT2D eigenvalue weighted by molar-refractivity contribution is 6.33. The standard InChI is InChI=1S/C19H23ClN4/c1-21-10-12-22(13-11-21)24-15-14-23(17-7-3-2-6-16(17)20)18-8-4-5-9-19(18)24/h2-9H,10-15H2,1H3. The molecular formula is C19H23ClN4. The van der Waals surface area contributed by atoms with Crippen LogP contribution in [0.15, 0.2) is 48.5 Å². The fourth-order valence-corrected chi connectivity index (χ4v) is 3.84. The third-order valence-corrected chi connectivity index (χ3v) is 5.27. The van der Waals surface area contributed by atoms with Gasteiger partial charge in [0.25, 0.3) is 0 Å². The molecule has 2 aromatic rings. The van der Waals surface area contributed by atoms with E-state index in [1.54, 1.807) is 0 Å². The van der Waals surface area contributed by atoms with Crippen LogP contribution in [0.5, 0.6) is 0 Å². The molecule has 126 valence electrons. The Morgan fingerprint density at radius 1 is 0.708 bits per heavy atom. The van der Waals surface area contributed by atoms with Gasteiger partial charge in [-0.3, -0.25) is 0 Å². The van der Waals surface area contributed by atoms with Gasteiger partial charge >= 0.3 is 0 Å². The fourth-order valence-electron chi connectivity index (χ4n) is 3.60. The lowest BCUT2D eigenvalue weighted by molar-refractivity contribution is 0.141. The van der Waals surface area contributed by atoms with Crippen LogP contribution in [0, 0.1) is 0 Å². The molecule has 1 saturated heterocycles. The van der Waals surface area contributed by atoms with Crippen molar-refractivity contribution >= 4 is 28.7 Å². The number of hydrogen-bond acceptors (Lipinski definition) is 4. The summed E-state index contributed by atoms with van der Waals surface area (Å²) in [6.45, 7) is 6.31. The van der Waals surface area contributed by atoms with Crippen molar-refractivity contribution in [3.8, 4) is 0 Å². The largest absolute Gasteiger partial charge is 0.337 e. The smallest absolute Gasteiger partial charge is 0.0760 e. The van der Waals surface area contributed by atoms with Crippen LogP contribution in [0.25, 0.3) is 0 Å². The number of hydrazine groups is 1. The van der Waals surface area contributed by atoms with E-state index in [0.29, 0.717) is 0 Å². The minimum Gasteiger partial charge on any atom is -0.337 e. The first-order chi connectivity index (χ1) is 11.7. The van der Waals surface area contributed by atoms with Crippen molar-refractivity contribution in [1.29, 1.82) is 0 Å². The Kier molecular flexibility index (Phi) is 4.35. The highest BCUT2D eigenvalue weighted by Gasteiger charge is 2.29. The average Bonchev–Trinajstić information content (AvgIpc) is 2.62. The molecule has 0 spiro atoms. The Bertz CT molecular complexity index is 712. The minimum absolute atomic E-state index is 0.806. The molecule has 2 heterocycles. The molecule has 24 heavy (non-hydrogen) atoms. The van der Waals surface area contributed by atoms with E-state index >= 15 is 0 Å². The molecule has 0 amide bonds. The second-order valence-corrected chi connectivity index (χ2v) is 6.88. The van der Waals surface area contributed by atoms with Gasteiger partial charge < -0.3 is 14.8 Å². The number of hydrogen-bond donors (Lipinski definition) is 0. The monoisotopic (exact) mass is 342 g/mol. The lowest BCUT2D eigenvalue weighted by Crippen LogP contribution is -2.56. The molecule has 0 aliphatic carbocycles. The summed E-state index contributed by atoms with van der Waals surface area (Å²) in [4.78, 5) is 4.73. The molecule has 0 unspecified atom stereocenters. The van der Waals surface area contributed by atoms with Gasteiger partial charge in [0.15, 0.2) is 0 Å². The molecule has 4 nitrogen and oxygen atoms in total. The summed E-state index contributed by atoms with van der Waals surface area (Å²) < 4.78 is 0. The Morgan fingerprint density at radius 2 is 1.33 bits per heavy atom. The van der Waals surface area contributed by atoms with Crippen LogP contribution in [-0.2, 0) is 0 Å². The number of rotatable bonds is 2. The van der Waals surface area contributed by atoms with Crippen LogP contribution in [0.1, 0.15) is 0 Å². The normalized spacial score (nSPS) is 19.4. The topological polar surface area (TPSA) is 13.0 Å². The Balaban J connectivity index is 1.67. The third-order valence-electron chi connectivity index (χ3n) is 4.95. The molecular weight excluding hydrogens is 320 g/mol. The van der Waals surface area contributed by atoms with Gasteiger partial charge in [0, 0.05) is 32.7 Å². The second kappa shape index (κ2) is 6.63. The van der Waals surface area contributed by atoms with Crippen molar-refractivity contribution in [3.05, 3.63) is 53.6 Å². The maximum absolute atomic E-state index is 6.45. The highest BCUT2D eigenvalue weighted by Crippen LogP contribution is 2.40. The highest BCUT2D eigenvalue weighted by atomic mass is 35.5. The number of fused-ring (bicyclic) bond motifs is 1. The van der Waals surface area contributed by atoms with Crippen molar-refractivity contribution in [2.45, 2.75) is 0 Å². The molecule has 0 bridgehead atoms. The summed E-state index contributed by atoms with van der Waals surface area (Å²) in [5.74, 6) is 0. The first-order valence-corrected chi connectivity index (χ1v) is 8.94. The summed E-state index contributed by atoms with van der Waals surface area (Å²) >= 11 is 6.45. The summed E-state index contributed by atoms with van der Waals surface area (Å²) in [6.07, 6.45) is 0. The number of nitrogens with zero attached hydrogens (tertiary/aromatic N) is 4. The molecule has 1 fully saturated rings. The zero-order chi connectivity index (χ0) is 16.5. The summed E-state index contributed by atoms with van der Waals surface area (Å²) in [6, 6.07) is 16.7. The Hall–Kier alpha value is -1.75. The van der Waals surface area contributed by atoms with E-state index in [1.807, 2.05) is 12.1 Å². The molecule has 5 heteroatoms. The van der Waals surface area contributed by atoms with Crippen LogP contribution < -0.4 is 9.91 Å². The first-order valence-electron chi connectivity index (χ1n) is 8.56. The molecule has 0 radical (unpaired) electrons. The van der Waals surface area contributed by atoms with Crippen molar-refractivity contribution in [2.24, 2.45) is 0 Å². The summed E-state index contributed by atoms with van der Waals surface area (Å²) in [5.41, 5.74) is 3.59. The molecule has 0 aromatic heterocycles. The van der Waals surface area contributed by atoms with Gasteiger partial charge in [-0.1, -0.05) is 35.9 Å². The Morgan fingerprint density at radius 3 is 2.04 bits per heavy atom. The number of para-hydroxylation sites is 3. The van der Waals surface area contributed by atoms with Crippen molar-refractivity contribution < 1.29 is 0 Å². The Labute approximate surface area is 148 Å². The van der Waals surface area contributed by atoms with Crippen LogP contribution in [0.3, 0.4) is 0 Å². The first kappa shape index (κ1) is 15.8. The molecule has 2 aromatic carbocycles. The maximum Gasteiger partial charge on any atom is 0.0760 e. The van der Waals surface area contributed by atoms with Gasteiger partial charge in [0.05, 0.1) is 28.6 Å². The van der Waals surface area contributed by atoms with Gasteiger partial charge in [-0.05, 0) is 31.3 Å². The average molecular weight is 343 g/mol.